The number of hydrogen-bond acceptors (Lipinski definition) is 4. The van der Waals surface area contributed by atoms with Crippen molar-refractivity contribution in [1.82, 2.24) is 10.2 Å². The van der Waals surface area contributed by atoms with E-state index in [-0.39, 0.29) is 17.9 Å². The largest absolute Gasteiger partial charge is 0.288 e. The molecule has 0 bridgehead atoms. The summed E-state index contributed by atoms with van der Waals surface area (Å²) in [4.78, 5) is 56.0. The summed E-state index contributed by atoms with van der Waals surface area (Å²) < 4.78 is 0. The van der Waals surface area contributed by atoms with Crippen molar-refractivity contribution >= 4 is 66.7 Å². The van der Waals surface area contributed by atoms with Gasteiger partial charge in [-0.15, -0.1) is 0 Å². The van der Waals surface area contributed by atoms with Crippen LogP contribution >= 0.6 is 0 Å². The first kappa shape index (κ1) is 31.3. The van der Waals surface area contributed by atoms with Gasteiger partial charge in [0.2, 0.25) is 0 Å². The van der Waals surface area contributed by atoms with E-state index in [0.717, 1.165) is 76.2 Å². The van der Waals surface area contributed by atoms with Crippen molar-refractivity contribution in [3.8, 4) is 0 Å². The minimum atomic E-state index is -0.394. The lowest BCUT2D eigenvalue weighted by atomic mass is 9.82. The molecular formula is C41H44N2O4. The predicted molar refractivity (Wildman–Crippen MR) is 190 cm³/mol. The Morgan fingerprint density at radius 2 is 0.830 bits per heavy atom. The van der Waals surface area contributed by atoms with Crippen molar-refractivity contribution in [3.05, 3.63) is 70.8 Å². The van der Waals surface area contributed by atoms with Crippen molar-refractivity contribution < 1.29 is 19.2 Å². The summed E-state index contributed by atoms with van der Waals surface area (Å²) in [6, 6.07) is 15.1. The number of rotatable bonds is 15. The second-order valence-corrected chi connectivity index (χ2v) is 13.7. The zero-order valence-corrected chi connectivity index (χ0v) is 27.7. The Morgan fingerprint density at radius 3 is 1.26 bits per heavy atom. The zero-order chi connectivity index (χ0) is 32.7. The molecule has 1 N–H and O–H groups in total. The molecule has 7 rings (SSSR count). The van der Waals surface area contributed by atoms with E-state index in [0.29, 0.717) is 27.6 Å². The van der Waals surface area contributed by atoms with Crippen molar-refractivity contribution in [3.63, 3.8) is 0 Å². The summed E-state index contributed by atoms with van der Waals surface area (Å²) in [7, 11) is 0. The Hall–Kier alpha value is -4.32. The minimum absolute atomic E-state index is 0.108. The normalized spacial score (nSPS) is 14.6. The van der Waals surface area contributed by atoms with Crippen LogP contribution in [0.4, 0.5) is 0 Å². The van der Waals surface area contributed by atoms with Crippen LogP contribution in [-0.2, 0) is 0 Å². The summed E-state index contributed by atoms with van der Waals surface area (Å²) in [6.07, 6.45) is 15.8. The van der Waals surface area contributed by atoms with Gasteiger partial charge in [-0.25, -0.2) is 0 Å². The van der Waals surface area contributed by atoms with E-state index in [1.807, 2.05) is 36.4 Å². The fraction of sp³-hybridized carbons (Fsp3) is 0.415. The van der Waals surface area contributed by atoms with Crippen LogP contribution in [0.3, 0.4) is 0 Å². The van der Waals surface area contributed by atoms with E-state index >= 15 is 0 Å². The van der Waals surface area contributed by atoms with Gasteiger partial charge >= 0.3 is 0 Å². The van der Waals surface area contributed by atoms with Gasteiger partial charge in [0.05, 0.1) is 0 Å². The molecule has 2 heterocycles. The molecule has 0 saturated heterocycles. The highest BCUT2D eigenvalue weighted by molar-refractivity contribution is 6.41. The second kappa shape index (κ2) is 13.1. The average Bonchev–Trinajstić information content (AvgIpc) is 3.08. The van der Waals surface area contributed by atoms with Gasteiger partial charge in [0.25, 0.3) is 23.6 Å². The maximum Gasteiger partial charge on any atom is 0.261 e. The first-order chi connectivity index (χ1) is 23.0. The Bertz CT molecular complexity index is 1910. The molecular weight excluding hydrogens is 584 g/mol. The topological polar surface area (TPSA) is 83.6 Å². The number of hydrogen-bond donors (Lipinski definition) is 1. The van der Waals surface area contributed by atoms with Gasteiger partial charge < -0.3 is 0 Å². The van der Waals surface area contributed by atoms with Crippen molar-refractivity contribution in [2.24, 2.45) is 0 Å². The van der Waals surface area contributed by atoms with E-state index in [1.54, 1.807) is 17.0 Å². The van der Waals surface area contributed by atoms with Gasteiger partial charge in [-0.2, -0.15) is 0 Å². The lowest BCUT2D eigenvalue weighted by Gasteiger charge is -2.35. The lowest BCUT2D eigenvalue weighted by Crippen LogP contribution is -2.47. The van der Waals surface area contributed by atoms with Gasteiger partial charge in [-0.05, 0) is 69.4 Å². The molecule has 5 aromatic carbocycles. The molecule has 6 nitrogen and oxygen atoms in total. The molecule has 47 heavy (non-hydrogen) atoms. The van der Waals surface area contributed by atoms with Crippen molar-refractivity contribution in [2.75, 3.05) is 0 Å². The highest BCUT2D eigenvalue weighted by Gasteiger charge is 2.38. The SMILES string of the molecule is CCCCCCCCC(CCCCCCCC)N1C(=O)c2ccc3c4ccc5c6c(ccc(c7ccc(c2c37)C1=O)c64)C(=O)NC5=O. The Morgan fingerprint density at radius 1 is 0.468 bits per heavy atom. The second-order valence-electron chi connectivity index (χ2n) is 13.7. The Labute approximate surface area is 276 Å². The minimum Gasteiger partial charge on any atom is -0.288 e. The number of unbranched alkanes of at least 4 members (excludes halogenated alkanes) is 10. The van der Waals surface area contributed by atoms with Crippen LogP contribution < -0.4 is 5.32 Å². The fourth-order valence-electron chi connectivity index (χ4n) is 8.27. The lowest BCUT2D eigenvalue weighted by molar-refractivity contribution is 0.0516. The van der Waals surface area contributed by atoms with E-state index in [2.05, 4.69) is 19.2 Å². The summed E-state index contributed by atoms with van der Waals surface area (Å²) in [5.74, 6) is -1.16. The number of benzene rings is 5. The van der Waals surface area contributed by atoms with Crippen molar-refractivity contribution in [1.29, 1.82) is 0 Å². The highest BCUT2D eigenvalue weighted by atomic mass is 16.2. The third kappa shape index (κ3) is 5.26. The van der Waals surface area contributed by atoms with E-state index < -0.39 is 11.8 Å². The number of amides is 4. The van der Waals surface area contributed by atoms with Gasteiger partial charge in [0.1, 0.15) is 0 Å². The van der Waals surface area contributed by atoms with E-state index in [9.17, 15) is 19.2 Å². The predicted octanol–water partition coefficient (Wildman–Crippen LogP) is 10.1. The highest BCUT2D eigenvalue weighted by Crippen LogP contribution is 2.46. The van der Waals surface area contributed by atoms with Gasteiger partial charge in [-0.3, -0.25) is 29.4 Å². The van der Waals surface area contributed by atoms with E-state index in [4.69, 9.17) is 0 Å². The molecule has 0 unspecified atom stereocenters. The molecule has 2 aliphatic heterocycles. The molecule has 6 heteroatoms. The number of carbonyl (C=O) groups is 4. The number of nitrogens with one attached hydrogen (secondary N) is 1. The average molecular weight is 629 g/mol. The molecule has 0 radical (unpaired) electrons. The van der Waals surface area contributed by atoms with Crippen LogP contribution in [0.1, 0.15) is 145 Å². The number of imide groups is 2. The van der Waals surface area contributed by atoms with Crippen LogP contribution in [0.5, 0.6) is 0 Å². The molecule has 4 amide bonds. The molecule has 2 aliphatic rings. The summed E-state index contributed by atoms with van der Waals surface area (Å²) in [6.45, 7) is 4.45. The van der Waals surface area contributed by atoms with E-state index in [1.165, 1.54) is 51.4 Å². The first-order valence-corrected chi connectivity index (χ1v) is 17.9. The molecule has 0 aliphatic carbocycles. The van der Waals surface area contributed by atoms with Gasteiger partial charge in [-0.1, -0.05) is 115 Å². The molecule has 5 aromatic rings. The third-order valence-electron chi connectivity index (χ3n) is 10.7. The van der Waals surface area contributed by atoms with Crippen LogP contribution in [0.15, 0.2) is 48.5 Å². The standard InChI is InChI=1S/C41H44N2O4/c1-3-5-7-9-11-13-15-25(16-14-12-10-8-6-4-2)43-40(46)32-23-19-28-26-17-21-30-36-31(39(45)42-38(30)44)22-18-27(34(26)36)29-20-24-33(41(43)47)37(32)35(28)29/h17-25H,3-16H2,1-2H3,(H,42,44,45). The summed E-state index contributed by atoms with van der Waals surface area (Å²) >= 11 is 0. The maximum absolute atomic E-state index is 14.4. The number of carbonyl (C=O) groups excluding carboxylic acids is 4. The Balaban J connectivity index is 1.29. The van der Waals surface area contributed by atoms with Crippen LogP contribution in [-0.4, -0.2) is 34.6 Å². The molecule has 0 aromatic heterocycles. The Kier molecular flexibility index (Phi) is 8.69. The van der Waals surface area contributed by atoms with Crippen LogP contribution in [0.25, 0.3) is 43.1 Å². The smallest absolute Gasteiger partial charge is 0.261 e. The quantitative estimate of drug-likeness (QED) is 0.0541. The molecule has 242 valence electrons. The number of fused-ring (bicyclic) bond motifs is 2. The van der Waals surface area contributed by atoms with Gasteiger partial charge in [0.15, 0.2) is 0 Å². The molecule has 0 spiro atoms. The van der Waals surface area contributed by atoms with Crippen molar-refractivity contribution in [2.45, 2.75) is 110 Å². The molecule has 0 saturated carbocycles. The summed E-state index contributed by atoms with van der Waals surface area (Å²) in [5.41, 5.74) is 2.13. The zero-order valence-electron chi connectivity index (χ0n) is 27.7. The molecule has 0 fully saturated rings. The fourth-order valence-corrected chi connectivity index (χ4v) is 8.27. The monoisotopic (exact) mass is 628 g/mol. The van der Waals surface area contributed by atoms with Crippen LogP contribution in [0.2, 0.25) is 0 Å². The summed E-state index contributed by atoms with van der Waals surface area (Å²) in [5, 5.41) is 9.25. The maximum atomic E-state index is 14.4. The van der Waals surface area contributed by atoms with Crippen LogP contribution in [0, 0.1) is 0 Å². The first-order valence-electron chi connectivity index (χ1n) is 17.9. The van der Waals surface area contributed by atoms with Gasteiger partial charge in [0, 0.05) is 39.1 Å². The molecule has 0 atom stereocenters. The number of nitrogens with zero attached hydrogens (tertiary/aromatic N) is 1. The third-order valence-corrected chi connectivity index (χ3v) is 10.7.